The van der Waals surface area contributed by atoms with Crippen molar-refractivity contribution >= 4 is 11.8 Å². The van der Waals surface area contributed by atoms with Gasteiger partial charge in [0.1, 0.15) is 23.2 Å². The molecule has 0 saturated heterocycles. The molecule has 110 valence electrons. The van der Waals surface area contributed by atoms with Gasteiger partial charge in [-0.25, -0.2) is 9.97 Å². The molecule has 0 aliphatic carbocycles. The van der Waals surface area contributed by atoms with E-state index >= 15 is 0 Å². The Morgan fingerprint density at radius 1 is 1.29 bits per heavy atom. The van der Waals surface area contributed by atoms with Crippen LogP contribution in [0.1, 0.15) is 38.0 Å². The van der Waals surface area contributed by atoms with Crippen LogP contribution in [0.5, 0.6) is 0 Å². The van der Waals surface area contributed by atoms with E-state index in [9.17, 15) is 0 Å². The molecule has 0 unspecified atom stereocenters. The van der Waals surface area contributed by atoms with E-state index in [4.69, 9.17) is 9.68 Å². The van der Waals surface area contributed by atoms with Crippen LogP contribution in [0.3, 0.4) is 0 Å². The standard InChI is InChI=1S/C14H18N6O/c1-14(2,3)10-7-17-11(21-10)8-18-12-9(5-15)6-19-13(16-4)20-12/h6-7H,8H2,1-4H3,(H2,16,18,19,20). The smallest absolute Gasteiger partial charge is 0.224 e. The molecule has 0 aliphatic rings. The second-order valence-corrected chi connectivity index (χ2v) is 5.54. The summed E-state index contributed by atoms with van der Waals surface area (Å²) in [5, 5.41) is 14.9. The number of hydrogen-bond acceptors (Lipinski definition) is 7. The minimum absolute atomic E-state index is 0.0860. The van der Waals surface area contributed by atoms with Crippen LogP contribution in [0.4, 0.5) is 11.8 Å². The second-order valence-electron chi connectivity index (χ2n) is 5.54. The first kappa shape index (κ1) is 14.8. The number of nitrogens with one attached hydrogen (secondary N) is 2. The molecule has 0 atom stereocenters. The number of aromatic nitrogens is 3. The molecule has 0 aromatic carbocycles. The third-order valence-electron chi connectivity index (χ3n) is 2.83. The lowest BCUT2D eigenvalue weighted by atomic mass is 9.94. The molecule has 7 nitrogen and oxygen atoms in total. The van der Waals surface area contributed by atoms with Crippen molar-refractivity contribution in [2.75, 3.05) is 17.7 Å². The van der Waals surface area contributed by atoms with E-state index in [1.165, 1.54) is 6.20 Å². The summed E-state index contributed by atoms with van der Waals surface area (Å²) in [6.45, 7) is 6.53. The van der Waals surface area contributed by atoms with Gasteiger partial charge in [-0.15, -0.1) is 0 Å². The van der Waals surface area contributed by atoms with Gasteiger partial charge in [-0.3, -0.25) is 0 Å². The maximum absolute atomic E-state index is 9.06. The van der Waals surface area contributed by atoms with Crippen molar-refractivity contribution in [2.24, 2.45) is 0 Å². The summed E-state index contributed by atoms with van der Waals surface area (Å²) in [5.41, 5.74) is 0.286. The number of oxazole rings is 1. The summed E-state index contributed by atoms with van der Waals surface area (Å²) in [6, 6.07) is 2.05. The number of nitriles is 1. The average Bonchev–Trinajstić information content (AvgIpc) is 2.93. The molecule has 2 heterocycles. The molecule has 21 heavy (non-hydrogen) atoms. The molecule has 0 amide bonds. The Labute approximate surface area is 123 Å². The molecular formula is C14H18N6O. The highest BCUT2D eigenvalue weighted by Crippen LogP contribution is 2.23. The first-order chi connectivity index (χ1) is 9.94. The first-order valence-corrected chi connectivity index (χ1v) is 6.58. The summed E-state index contributed by atoms with van der Waals surface area (Å²) in [7, 11) is 1.72. The van der Waals surface area contributed by atoms with Gasteiger partial charge in [0.15, 0.2) is 0 Å². The van der Waals surface area contributed by atoms with Crippen molar-refractivity contribution in [3.05, 3.63) is 29.6 Å². The molecule has 0 bridgehead atoms. The zero-order valence-electron chi connectivity index (χ0n) is 12.6. The van der Waals surface area contributed by atoms with Gasteiger partial charge in [0, 0.05) is 12.5 Å². The second kappa shape index (κ2) is 5.79. The number of hydrogen-bond donors (Lipinski definition) is 2. The van der Waals surface area contributed by atoms with E-state index in [-0.39, 0.29) is 5.41 Å². The zero-order chi connectivity index (χ0) is 15.5. The van der Waals surface area contributed by atoms with E-state index in [0.29, 0.717) is 29.8 Å². The number of anilines is 2. The van der Waals surface area contributed by atoms with Gasteiger partial charge in [0.2, 0.25) is 11.8 Å². The third-order valence-corrected chi connectivity index (χ3v) is 2.83. The quantitative estimate of drug-likeness (QED) is 0.889. The third kappa shape index (κ3) is 3.48. The zero-order valence-corrected chi connectivity index (χ0v) is 12.6. The summed E-state index contributed by atoms with van der Waals surface area (Å²) < 4.78 is 5.68. The molecular weight excluding hydrogens is 268 g/mol. The summed E-state index contributed by atoms with van der Waals surface area (Å²) in [5.74, 6) is 2.26. The van der Waals surface area contributed by atoms with Crippen LogP contribution >= 0.6 is 0 Å². The van der Waals surface area contributed by atoms with E-state index < -0.39 is 0 Å². The van der Waals surface area contributed by atoms with Gasteiger partial charge in [0.25, 0.3) is 0 Å². The largest absolute Gasteiger partial charge is 0.443 e. The van der Waals surface area contributed by atoms with Gasteiger partial charge in [-0.05, 0) is 0 Å². The fraction of sp³-hybridized carbons (Fsp3) is 0.429. The maximum Gasteiger partial charge on any atom is 0.224 e. The van der Waals surface area contributed by atoms with Crippen LogP contribution in [-0.2, 0) is 12.0 Å². The van der Waals surface area contributed by atoms with Crippen LogP contribution in [0.15, 0.2) is 16.8 Å². The highest BCUT2D eigenvalue weighted by molar-refractivity contribution is 5.53. The molecule has 0 radical (unpaired) electrons. The Bertz CT molecular complexity index is 665. The van der Waals surface area contributed by atoms with Crippen LogP contribution in [0.2, 0.25) is 0 Å². The predicted octanol–water partition coefficient (Wildman–Crippen LogP) is 2.29. The molecule has 2 aromatic rings. The Kier molecular flexibility index (Phi) is 4.08. The van der Waals surface area contributed by atoms with Crippen molar-refractivity contribution in [2.45, 2.75) is 32.7 Å². The highest BCUT2D eigenvalue weighted by Gasteiger charge is 2.19. The van der Waals surface area contributed by atoms with Crippen LogP contribution < -0.4 is 10.6 Å². The lowest BCUT2D eigenvalue weighted by molar-refractivity contribution is 0.385. The molecule has 0 saturated carbocycles. The number of nitrogens with zero attached hydrogens (tertiary/aromatic N) is 4. The molecule has 2 aromatic heterocycles. The topological polar surface area (TPSA) is 99.7 Å². The minimum Gasteiger partial charge on any atom is -0.443 e. The Morgan fingerprint density at radius 2 is 2.05 bits per heavy atom. The predicted molar refractivity (Wildman–Crippen MR) is 78.8 cm³/mol. The lowest BCUT2D eigenvalue weighted by Gasteiger charge is -2.13. The number of rotatable bonds is 4. The lowest BCUT2D eigenvalue weighted by Crippen LogP contribution is -2.09. The monoisotopic (exact) mass is 286 g/mol. The van der Waals surface area contributed by atoms with Crippen molar-refractivity contribution in [1.29, 1.82) is 5.26 Å². The normalized spacial score (nSPS) is 11.0. The molecule has 0 aliphatic heterocycles. The SMILES string of the molecule is CNc1ncc(C#N)c(NCc2ncc(C(C)(C)C)o2)n1. The highest BCUT2D eigenvalue weighted by atomic mass is 16.4. The average molecular weight is 286 g/mol. The van der Waals surface area contributed by atoms with Crippen molar-refractivity contribution in [3.8, 4) is 6.07 Å². The molecule has 2 N–H and O–H groups in total. The molecule has 2 rings (SSSR count). The first-order valence-electron chi connectivity index (χ1n) is 6.58. The van der Waals surface area contributed by atoms with Crippen LogP contribution in [0, 0.1) is 11.3 Å². The fourth-order valence-corrected chi connectivity index (χ4v) is 1.62. The van der Waals surface area contributed by atoms with Crippen molar-refractivity contribution in [3.63, 3.8) is 0 Å². The molecule has 7 heteroatoms. The maximum atomic E-state index is 9.06. The fourth-order valence-electron chi connectivity index (χ4n) is 1.62. The van der Waals surface area contributed by atoms with Gasteiger partial charge in [-0.2, -0.15) is 10.2 Å². The van der Waals surface area contributed by atoms with Crippen molar-refractivity contribution < 1.29 is 4.42 Å². The van der Waals surface area contributed by atoms with Crippen molar-refractivity contribution in [1.82, 2.24) is 15.0 Å². The molecule has 0 spiro atoms. The van der Waals surface area contributed by atoms with Gasteiger partial charge >= 0.3 is 0 Å². The Balaban J connectivity index is 2.13. The summed E-state index contributed by atoms with van der Waals surface area (Å²) >= 11 is 0. The Hall–Kier alpha value is -2.62. The Morgan fingerprint density at radius 3 is 2.62 bits per heavy atom. The van der Waals surface area contributed by atoms with E-state index in [1.54, 1.807) is 13.2 Å². The minimum atomic E-state index is -0.0860. The van der Waals surface area contributed by atoms with E-state index in [1.807, 2.05) is 6.07 Å². The van der Waals surface area contributed by atoms with Gasteiger partial charge in [0.05, 0.1) is 18.9 Å². The van der Waals surface area contributed by atoms with Crippen LogP contribution in [0.25, 0.3) is 0 Å². The summed E-state index contributed by atoms with van der Waals surface area (Å²) in [6.07, 6.45) is 3.19. The van der Waals surface area contributed by atoms with Crippen LogP contribution in [-0.4, -0.2) is 22.0 Å². The van der Waals surface area contributed by atoms with E-state index in [2.05, 4.69) is 46.4 Å². The van der Waals surface area contributed by atoms with Gasteiger partial charge in [-0.1, -0.05) is 20.8 Å². The van der Waals surface area contributed by atoms with E-state index in [0.717, 1.165) is 5.76 Å². The summed E-state index contributed by atoms with van der Waals surface area (Å²) in [4.78, 5) is 12.4. The molecule has 0 fully saturated rings. The van der Waals surface area contributed by atoms with Gasteiger partial charge < -0.3 is 15.1 Å².